The highest BCUT2D eigenvalue weighted by atomic mass is 32.2. The van der Waals surface area contributed by atoms with Crippen molar-refractivity contribution < 1.29 is 8.42 Å². The van der Waals surface area contributed by atoms with Gasteiger partial charge in [0.05, 0.1) is 6.26 Å². The van der Waals surface area contributed by atoms with Crippen molar-refractivity contribution in [3.63, 3.8) is 0 Å². The van der Waals surface area contributed by atoms with Crippen molar-refractivity contribution in [3.05, 3.63) is 12.3 Å². The summed E-state index contributed by atoms with van der Waals surface area (Å²) in [7, 11) is -3.09. The number of nitrogens with zero attached hydrogens (tertiary/aromatic N) is 2. The van der Waals surface area contributed by atoms with Gasteiger partial charge in [-0.25, -0.2) is 8.42 Å². The van der Waals surface area contributed by atoms with Gasteiger partial charge in [0.2, 0.25) is 10.0 Å². The molecule has 0 saturated heterocycles. The van der Waals surface area contributed by atoms with Crippen LogP contribution in [-0.2, 0) is 10.0 Å². The van der Waals surface area contributed by atoms with Crippen LogP contribution >= 0.6 is 0 Å². The summed E-state index contributed by atoms with van der Waals surface area (Å²) in [5.74, 6) is 0. The molecule has 0 N–H and O–H groups in total. The Morgan fingerprint density at radius 3 is 2.60 bits per heavy atom. The average molecular weight is 160 g/mol. The molecule has 10 heavy (non-hydrogen) atoms. The van der Waals surface area contributed by atoms with Crippen molar-refractivity contribution in [3.8, 4) is 0 Å². The molecule has 0 aromatic rings. The van der Waals surface area contributed by atoms with Crippen LogP contribution in [0.15, 0.2) is 17.3 Å². The predicted molar refractivity (Wildman–Crippen MR) is 39.2 cm³/mol. The maximum absolute atomic E-state index is 10.8. The van der Waals surface area contributed by atoms with Gasteiger partial charge in [-0.05, 0) is 6.08 Å². The molecular weight excluding hydrogens is 152 g/mol. The number of rotatable bonds is 1. The minimum atomic E-state index is -3.09. The number of allylic oxidation sites excluding steroid dienone is 1. The highest BCUT2D eigenvalue weighted by molar-refractivity contribution is 7.88. The van der Waals surface area contributed by atoms with Crippen LogP contribution in [0.4, 0.5) is 0 Å². The van der Waals surface area contributed by atoms with E-state index in [9.17, 15) is 8.42 Å². The monoisotopic (exact) mass is 160 g/mol. The van der Waals surface area contributed by atoms with Gasteiger partial charge in [0.1, 0.15) is 6.67 Å². The molecule has 0 atom stereocenters. The smallest absolute Gasteiger partial charge is 0.233 e. The van der Waals surface area contributed by atoms with E-state index in [1.165, 1.54) is 10.5 Å². The maximum Gasteiger partial charge on any atom is 0.233 e. The first-order valence-electron chi connectivity index (χ1n) is 2.74. The van der Waals surface area contributed by atoms with Gasteiger partial charge in [0.25, 0.3) is 0 Å². The lowest BCUT2D eigenvalue weighted by molar-refractivity contribution is 0.511. The first-order valence-corrected chi connectivity index (χ1v) is 4.59. The summed E-state index contributed by atoms with van der Waals surface area (Å²) >= 11 is 0. The molecular formula is C5H8N2O2S. The molecule has 0 aliphatic carbocycles. The van der Waals surface area contributed by atoms with Crippen molar-refractivity contribution in [2.45, 2.75) is 0 Å². The average Bonchev–Trinajstić information content (AvgIpc) is 1.88. The molecule has 0 aromatic heterocycles. The third-order valence-corrected chi connectivity index (χ3v) is 2.18. The van der Waals surface area contributed by atoms with Crippen LogP contribution < -0.4 is 0 Å². The first kappa shape index (κ1) is 7.27. The highest BCUT2D eigenvalue weighted by Gasteiger charge is 2.10. The van der Waals surface area contributed by atoms with E-state index in [2.05, 4.69) is 4.99 Å². The van der Waals surface area contributed by atoms with E-state index in [1.807, 2.05) is 0 Å². The van der Waals surface area contributed by atoms with Crippen LogP contribution in [0.3, 0.4) is 0 Å². The Hall–Kier alpha value is -0.840. The summed E-state index contributed by atoms with van der Waals surface area (Å²) in [5, 5.41) is 0. The number of hydrogen-bond acceptors (Lipinski definition) is 3. The molecule has 0 fully saturated rings. The van der Waals surface area contributed by atoms with Crippen molar-refractivity contribution in [1.82, 2.24) is 4.31 Å². The number of aliphatic imine (C=N–C) groups is 1. The standard InChI is InChI=1S/C5H8N2O2S/c1-10(8,9)7-4-2-3-6-5-7/h2-4H,5H2,1H3. The van der Waals surface area contributed by atoms with Gasteiger partial charge >= 0.3 is 0 Å². The van der Waals surface area contributed by atoms with Crippen molar-refractivity contribution in [2.75, 3.05) is 12.9 Å². The summed E-state index contributed by atoms with van der Waals surface area (Å²) in [6.45, 7) is 0.204. The molecule has 1 aliphatic heterocycles. The van der Waals surface area contributed by atoms with Crippen LogP contribution in [0, 0.1) is 0 Å². The topological polar surface area (TPSA) is 49.7 Å². The van der Waals surface area contributed by atoms with Gasteiger partial charge in [-0.15, -0.1) is 0 Å². The van der Waals surface area contributed by atoms with Gasteiger partial charge in [-0.2, -0.15) is 0 Å². The van der Waals surface area contributed by atoms with Crippen LogP contribution in [0.2, 0.25) is 0 Å². The lowest BCUT2D eigenvalue weighted by atomic mass is 10.6. The number of hydrogen-bond donors (Lipinski definition) is 0. The van der Waals surface area contributed by atoms with Crippen molar-refractivity contribution in [2.24, 2.45) is 4.99 Å². The van der Waals surface area contributed by atoms with Gasteiger partial charge in [-0.1, -0.05) is 0 Å². The fourth-order valence-corrected chi connectivity index (χ4v) is 1.15. The zero-order chi connectivity index (χ0) is 7.61. The minimum Gasteiger partial charge on any atom is -0.271 e. The van der Waals surface area contributed by atoms with Crippen LogP contribution in [0.1, 0.15) is 0 Å². The minimum absolute atomic E-state index is 0.204. The Kier molecular flexibility index (Phi) is 1.76. The Morgan fingerprint density at radius 1 is 1.60 bits per heavy atom. The Morgan fingerprint density at radius 2 is 2.30 bits per heavy atom. The molecule has 1 aliphatic rings. The van der Waals surface area contributed by atoms with Gasteiger partial charge in [-0.3, -0.25) is 9.30 Å². The molecule has 0 saturated carbocycles. The lowest BCUT2D eigenvalue weighted by Gasteiger charge is -2.16. The summed E-state index contributed by atoms with van der Waals surface area (Å²) in [6, 6.07) is 0. The molecule has 0 amide bonds. The molecule has 0 unspecified atom stereocenters. The number of sulfonamides is 1. The van der Waals surface area contributed by atoms with E-state index in [-0.39, 0.29) is 6.67 Å². The molecule has 4 nitrogen and oxygen atoms in total. The molecule has 1 heterocycles. The molecule has 5 heteroatoms. The van der Waals surface area contributed by atoms with Crippen LogP contribution in [0.25, 0.3) is 0 Å². The molecule has 0 radical (unpaired) electrons. The molecule has 56 valence electrons. The molecule has 0 spiro atoms. The van der Waals surface area contributed by atoms with Gasteiger partial charge < -0.3 is 0 Å². The second-order valence-corrected chi connectivity index (χ2v) is 3.90. The molecule has 0 aromatic carbocycles. The highest BCUT2D eigenvalue weighted by Crippen LogP contribution is 2.00. The SMILES string of the molecule is CS(=O)(=O)N1C=CC=NC1. The molecule has 1 rings (SSSR count). The van der Waals surface area contributed by atoms with Crippen molar-refractivity contribution >= 4 is 16.2 Å². The Balaban J connectivity index is 2.79. The van der Waals surface area contributed by atoms with E-state index < -0.39 is 10.0 Å². The Labute approximate surface area is 59.9 Å². The normalized spacial score (nSPS) is 17.9. The van der Waals surface area contributed by atoms with Crippen LogP contribution in [-0.4, -0.2) is 31.9 Å². The van der Waals surface area contributed by atoms with Crippen molar-refractivity contribution in [1.29, 1.82) is 0 Å². The third-order valence-electron chi connectivity index (χ3n) is 1.09. The zero-order valence-corrected chi connectivity index (χ0v) is 6.37. The predicted octanol–water partition coefficient (Wildman–Crippen LogP) is -0.196. The first-order chi connectivity index (χ1) is 4.61. The van der Waals surface area contributed by atoms with E-state index in [0.29, 0.717) is 0 Å². The summed E-state index contributed by atoms with van der Waals surface area (Å²) in [5.41, 5.74) is 0. The maximum atomic E-state index is 10.8. The summed E-state index contributed by atoms with van der Waals surface area (Å²) in [6.07, 6.45) is 5.80. The third kappa shape index (κ3) is 1.57. The lowest BCUT2D eigenvalue weighted by Crippen LogP contribution is -2.26. The fourth-order valence-electron chi connectivity index (χ4n) is 0.586. The van der Waals surface area contributed by atoms with E-state index in [4.69, 9.17) is 0 Å². The van der Waals surface area contributed by atoms with E-state index in [0.717, 1.165) is 6.26 Å². The quantitative estimate of drug-likeness (QED) is 0.533. The summed E-state index contributed by atoms with van der Waals surface area (Å²) < 4.78 is 22.7. The van der Waals surface area contributed by atoms with E-state index in [1.54, 1.807) is 12.3 Å². The second kappa shape index (κ2) is 2.42. The van der Waals surface area contributed by atoms with Gasteiger partial charge in [0.15, 0.2) is 0 Å². The fraction of sp³-hybridized carbons (Fsp3) is 0.400. The largest absolute Gasteiger partial charge is 0.271 e. The summed E-state index contributed by atoms with van der Waals surface area (Å²) in [4.78, 5) is 3.76. The Bertz CT molecular complexity index is 265. The van der Waals surface area contributed by atoms with Crippen LogP contribution in [0.5, 0.6) is 0 Å². The molecule has 0 bridgehead atoms. The van der Waals surface area contributed by atoms with Gasteiger partial charge in [0, 0.05) is 12.4 Å². The zero-order valence-electron chi connectivity index (χ0n) is 5.56. The van der Waals surface area contributed by atoms with E-state index >= 15 is 0 Å². The second-order valence-electron chi connectivity index (χ2n) is 1.96.